The molecule has 0 heterocycles. The minimum atomic E-state index is 0.116. The van der Waals surface area contributed by atoms with Crippen molar-refractivity contribution in [3.63, 3.8) is 0 Å². The predicted octanol–water partition coefficient (Wildman–Crippen LogP) is 3.93. The molecule has 5 heteroatoms. The molecule has 0 aliphatic heterocycles. The first-order chi connectivity index (χ1) is 13.6. The molecule has 0 spiro atoms. The van der Waals surface area contributed by atoms with Crippen LogP contribution >= 0.6 is 0 Å². The van der Waals surface area contributed by atoms with E-state index in [1.54, 1.807) is 0 Å². The summed E-state index contributed by atoms with van der Waals surface area (Å²) in [6.07, 6.45) is 8.64. The Hall–Kier alpha value is -2.66. The Morgan fingerprint density at radius 3 is 1.64 bits per heavy atom. The molecule has 7 N–H and O–H groups in total. The molecular weight excluding hydrogens is 346 g/mol. The van der Waals surface area contributed by atoms with Gasteiger partial charge in [0.2, 0.25) is 0 Å². The molecule has 0 fully saturated rings. The van der Waals surface area contributed by atoms with Gasteiger partial charge in [-0.05, 0) is 36.9 Å². The van der Waals surface area contributed by atoms with Crippen molar-refractivity contribution < 1.29 is 0 Å². The second-order valence-electron chi connectivity index (χ2n) is 7.27. The Morgan fingerprint density at radius 1 is 0.643 bits per heavy atom. The van der Waals surface area contributed by atoms with E-state index >= 15 is 0 Å². The number of hydrogen-bond donors (Lipinski definition) is 5. The minimum absolute atomic E-state index is 0.116. The van der Waals surface area contributed by atoms with E-state index in [2.05, 4.69) is 17.4 Å². The molecule has 0 aromatic heterocycles. The Bertz CT molecular complexity index is 669. The highest BCUT2D eigenvalue weighted by molar-refractivity contribution is 5.95. The molecular formula is C23H33N5. The summed E-state index contributed by atoms with van der Waals surface area (Å²) >= 11 is 0. The van der Waals surface area contributed by atoms with Gasteiger partial charge >= 0.3 is 0 Å². The second kappa shape index (κ2) is 11.9. The average Bonchev–Trinajstić information content (AvgIpc) is 2.70. The average molecular weight is 380 g/mol. The lowest BCUT2D eigenvalue weighted by Crippen LogP contribution is -2.15. The maximum Gasteiger partial charge on any atom is 0.122 e. The molecule has 0 atom stereocenters. The highest BCUT2D eigenvalue weighted by Gasteiger charge is 1.99. The maximum absolute atomic E-state index is 7.41. The van der Waals surface area contributed by atoms with Crippen LogP contribution in [0.5, 0.6) is 0 Å². The van der Waals surface area contributed by atoms with Crippen LogP contribution in [0.1, 0.15) is 60.8 Å². The van der Waals surface area contributed by atoms with E-state index in [0.717, 1.165) is 30.6 Å². The smallest absolute Gasteiger partial charge is 0.122 e. The molecule has 2 aromatic carbocycles. The molecule has 150 valence electrons. The second-order valence-corrected chi connectivity index (χ2v) is 7.27. The van der Waals surface area contributed by atoms with Crippen LogP contribution in [0.25, 0.3) is 0 Å². The molecule has 0 aliphatic rings. The number of benzene rings is 2. The predicted molar refractivity (Wildman–Crippen MR) is 118 cm³/mol. The molecule has 0 radical (unpaired) electrons. The topological polar surface area (TPSA) is 112 Å². The van der Waals surface area contributed by atoms with Crippen LogP contribution in [0.2, 0.25) is 0 Å². The van der Waals surface area contributed by atoms with E-state index in [0.29, 0.717) is 0 Å². The Kier molecular flexibility index (Phi) is 9.22. The van der Waals surface area contributed by atoms with Crippen LogP contribution in [0.15, 0.2) is 48.5 Å². The van der Waals surface area contributed by atoms with E-state index in [1.165, 1.54) is 49.7 Å². The number of aryl methyl sites for hydroxylation is 1. The van der Waals surface area contributed by atoms with E-state index in [-0.39, 0.29) is 11.7 Å². The highest BCUT2D eigenvalue weighted by atomic mass is 14.8. The Morgan fingerprint density at radius 2 is 1.11 bits per heavy atom. The number of nitrogen functional groups attached to an aromatic ring is 2. The summed E-state index contributed by atoms with van der Waals surface area (Å²) in [5.74, 6) is 0.248. The van der Waals surface area contributed by atoms with Crippen LogP contribution < -0.4 is 16.8 Å². The van der Waals surface area contributed by atoms with Crippen LogP contribution in [-0.4, -0.2) is 18.2 Å². The summed E-state index contributed by atoms with van der Waals surface area (Å²) in [7, 11) is 0. The van der Waals surface area contributed by atoms with Gasteiger partial charge < -0.3 is 16.8 Å². The molecule has 0 saturated carbocycles. The van der Waals surface area contributed by atoms with E-state index in [4.69, 9.17) is 22.3 Å². The van der Waals surface area contributed by atoms with Gasteiger partial charge in [-0.1, -0.05) is 74.2 Å². The van der Waals surface area contributed by atoms with Crippen molar-refractivity contribution in [2.24, 2.45) is 11.5 Å². The number of hydrogen-bond acceptors (Lipinski definition) is 3. The first-order valence-electron chi connectivity index (χ1n) is 10.1. The molecule has 0 aliphatic carbocycles. The number of nitrogens with one attached hydrogen (secondary N) is 3. The van der Waals surface area contributed by atoms with Gasteiger partial charge in [-0.3, -0.25) is 10.8 Å². The zero-order valence-electron chi connectivity index (χ0n) is 16.6. The third-order valence-corrected chi connectivity index (χ3v) is 4.93. The molecule has 0 saturated heterocycles. The summed E-state index contributed by atoms with van der Waals surface area (Å²) in [5.41, 5.74) is 15.1. The summed E-state index contributed by atoms with van der Waals surface area (Å²) in [6, 6.07) is 15.9. The molecule has 5 nitrogen and oxygen atoms in total. The van der Waals surface area contributed by atoms with E-state index in [9.17, 15) is 0 Å². The van der Waals surface area contributed by atoms with Crippen molar-refractivity contribution >= 4 is 11.7 Å². The molecule has 28 heavy (non-hydrogen) atoms. The van der Waals surface area contributed by atoms with Gasteiger partial charge in [-0.15, -0.1) is 0 Å². The third kappa shape index (κ3) is 7.92. The highest BCUT2D eigenvalue weighted by Crippen LogP contribution is 2.11. The first-order valence-corrected chi connectivity index (χ1v) is 10.1. The van der Waals surface area contributed by atoms with Gasteiger partial charge in [-0.2, -0.15) is 0 Å². The maximum atomic E-state index is 7.41. The SMILES string of the molecule is N=C(N)c1ccc(CCCCCCCCNCc2ccc(C(=N)N)cc2)cc1. The monoisotopic (exact) mass is 379 g/mol. The summed E-state index contributed by atoms with van der Waals surface area (Å²) in [5, 5.41) is 18.3. The fourth-order valence-corrected chi connectivity index (χ4v) is 3.17. The summed E-state index contributed by atoms with van der Waals surface area (Å²) < 4.78 is 0. The van der Waals surface area contributed by atoms with Crippen LogP contribution in [0, 0.1) is 10.8 Å². The lowest BCUT2D eigenvalue weighted by molar-refractivity contribution is 0.565. The van der Waals surface area contributed by atoms with Gasteiger partial charge in [0, 0.05) is 17.7 Å². The summed E-state index contributed by atoms with van der Waals surface area (Å²) in [6.45, 7) is 1.90. The van der Waals surface area contributed by atoms with Crippen LogP contribution in [0.4, 0.5) is 0 Å². The molecule has 2 rings (SSSR count). The lowest BCUT2D eigenvalue weighted by Gasteiger charge is -2.06. The molecule has 0 unspecified atom stereocenters. The zero-order valence-corrected chi connectivity index (χ0v) is 16.6. The lowest BCUT2D eigenvalue weighted by atomic mass is 10.0. The number of rotatable bonds is 13. The van der Waals surface area contributed by atoms with Crippen molar-refractivity contribution in [2.75, 3.05) is 6.54 Å². The van der Waals surface area contributed by atoms with E-state index < -0.39 is 0 Å². The van der Waals surface area contributed by atoms with Crippen molar-refractivity contribution in [1.29, 1.82) is 10.8 Å². The van der Waals surface area contributed by atoms with Crippen molar-refractivity contribution in [1.82, 2.24) is 5.32 Å². The summed E-state index contributed by atoms with van der Waals surface area (Å²) in [4.78, 5) is 0. The number of unbranched alkanes of at least 4 members (excludes halogenated alkanes) is 5. The quantitative estimate of drug-likeness (QED) is 0.206. The van der Waals surface area contributed by atoms with Gasteiger partial charge in [-0.25, -0.2) is 0 Å². The van der Waals surface area contributed by atoms with Gasteiger partial charge in [0.15, 0.2) is 0 Å². The van der Waals surface area contributed by atoms with Crippen LogP contribution in [0.3, 0.4) is 0 Å². The normalized spacial score (nSPS) is 10.7. The zero-order chi connectivity index (χ0) is 20.2. The minimum Gasteiger partial charge on any atom is -0.384 e. The molecule has 2 aromatic rings. The van der Waals surface area contributed by atoms with Crippen molar-refractivity contribution in [3.8, 4) is 0 Å². The molecule has 0 amide bonds. The molecule has 0 bridgehead atoms. The Labute approximate surface area is 168 Å². The standard InChI is InChI=1S/C23H33N5/c24-22(25)20-12-8-18(9-13-20)7-5-3-1-2-4-6-16-28-17-19-10-14-21(15-11-19)23(26)27/h8-15,28H,1-7,16-17H2,(H3,24,25)(H3,26,27). The van der Waals surface area contributed by atoms with Gasteiger partial charge in [0.05, 0.1) is 0 Å². The first kappa shape index (κ1) is 21.6. The van der Waals surface area contributed by atoms with Crippen molar-refractivity contribution in [2.45, 2.75) is 51.5 Å². The van der Waals surface area contributed by atoms with Gasteiger partial charge in [0.1, 0.15) is 11.7 Å². The number of amidine groups is 2. The Balaban J connectivity index is 1.45. The van der Waals surface area contributed by atoms with E-state index in [1.807, 2.05) is 36.4 Å². The fourth-order valence-electron chi connectivity index (χ4n) is 3.17. The largest absolute Gasteiger partial charge is 0.384 e. The van der Waals surface area contributed by atoms with Crippen molar-refractivity contribution in [3.05, 3.63) is 70.8 Å². The van der Waals surface area contributed by atoms with Crippen LogP contribution in [-0.2, 0) is 13.0 Å². The fraction of sp³-hybridized carbons (Fsp3) is 0.391. The third-order valence-electron chi connectivity index (χ3n) is 4.93. The van der Waals surface area contributed by atoms with Gasteiger partial charge in [0.25, 0.3) is 0 Å². The number of nitrogens with two attached hydrogens (primary N) is 2.